The standard InChI is InChI=1S/C16H14FN5O3/c17-11-3-1-10(2-4-11)15(18)16-19-14(20-21-16)9-25-13-7-5-12(6-8-13)22(23)24/h1-8,15H,9,18H2,(H,19,20,21)/t15-/m1/s1. The third kappa shape index (κ3) is 3.96. The van der Waals surface area contributed by atoms with Crippen molar-refractivity contribution in [1.29, 1.82) is 0 Å². The molecule has 0 fully saturated rings. The molecule has 9 heteroatoms. The molecule has 128 valence electrons. The van der Waals surface area contributed by atoms with Crippen molar-refractivity contribution in [2.24, 2.45) is 5.73 Å². The minimum atomic E-state index is -0.593. The number of nitrogens with one attached hydrogen (secondary N) is 1. The molecule has 0 aliphatic rings. The van der Waals surface area contributed by atoms with Crippen molar-refractivity contribution in [2.75, 3.05) is 0 Å². The summed E-state index contributed by atoms with van der Waals surface area (Å²) in [6.07, 6.45) is 0. The van der Waals surface area contributed by atoms with E-state index >= 15 is 0 Å². The lowest BCUT2D eigenvalue weighted by molar-refractivity contribution is -0.384. The summed E-state index contributed by atoms with van der Waals surface area (Å²) in [7, 11) is 0. The Morgan fingerprint density at radius 1 is 1.20 bits per heavy atom. The Kier molecular flexibility index (Phi) is 4.66. The number of H-pyrrole nitrogens is 1. The van der Waals surface area contributed by atoms with Gasteiger partial charge in [0.25, 0.3) is 5.69 Å². The fourth-order valence-corrected chi connectivity index (χ4v) is 2.15. The first-order chi connectivity index (χ1) is 12.0. The first-order valence-corrected chi connectivity index (χ1v) is 7.32. The van der Waals surface area contributed by atoms with Gasteiger partial charge in [-0.25, -0.2) is 9.37 Å². The molecule has 3 aromatic rings. The molecule has 1 atom stereocenters. The average Bonchev–Trinajstić information content (AvgIpc) is 3.09. The van der Waals surface area contributed by atoms with Gasteiger partial charge in [-0.15, -0.1) is 0 Å². The van der Waals surface area contributed by atoms with E-state index in [4.69, 9.17) is 10.5 Å². The van der Waals surface area contributed by atoms with E-state index in [1.165, 1.54) is 36.4 Å². The summed E-state index contributed by atoms with van der Waals surface area (Å²) in [4.78, 5) is 14.4. The number of aromatic nitrogens is 3. The fourth-order valence-electron chi connectivity index (χ4n) is 2.15. The Labute approximate surface area is 141 Å². The highest BCUT2D eigenvalue weighted by molar-refractivity contribution is 5.36. The molecule has 8 nitrogen and oxygen atoms in total. The summed E-state index contributed by atoms with van der Waals surface area (Å²) in [5.41, 5.74) is 6.73. The van der Waals surface area contributed by atoms with Crippen molar-refractivity contribution < 1.29 is 14.1 Å². The van der Waals surface area contributed by atoms with Crippen LogP contribution in [0.5, 0.6) is 5.75 Å². The van der Waals surface area contributed by atoms with E-state index in [0.29, 0.717) is 23.0 Å². The smallest absolute Gasteiger partial charge is 0.269 e. The van der Waals surface area contributed by atoms with E-state index in [1.807, 2.05) is 0 Å². The minimum Gasteiger partial charge on any atom is -0.486 e. The lowest BCUT2D eigenvalue weighted by Crippen LogP contribution is -2.13. The molecule has 0 aliphatic heterocycles. The van der Waals surface area contributed by atoms with Crippen molar-refractivity contribution >= 4 is 5.69 Å². The second kappa shape index (κ2) is 7.05. The lowest BCUT2D eigenvalue weighted by atomic mass is 10.1. The number of nitrogens with two attached hydrogens (primary N) is 1. The van der Waals surface area contributed by atoms with Crippen LogP contribution < -0.4 is 10.5 Å². The molecule has 2 aromatic carbocycles. The molecule has 3 rings (SSSR count). The number of aromatic amines is 1. The number of nitrogens with zero attached hydrogens (tertiary/aromatic N) is 3. The average molecular weight is 343 g/mol. The Hall–Kier alpha value is -3.33. The number of rotatable bonds is 6. The summed E-state index contributed by atoms with van der Waals surface area (Å²) < 4.78 is 18.4. The zero-order valence-electron chi connectivity index (χ0n) is 12.9. The van der Waals surface area contributed by atoms with E-state index in [0.717, 1.165) is 0 Å². The predicted octanol–water partition coefficient (Wildman–Crippen LogP) is 2.48. The second-order valence-electron chi connectivity index (χ2n) is 5.21. The largest absolute Gasteiger partial charge is 0.486 e. The van der Waals surface area contributed by atoms with E-state index in [9.17, 15) is 14.5 Å². The molecule has 1 heterocycles. The Morgan fingerprint density at radius 2 is 1.88 bits per heavy atom. The van der Waals surface area contributed by atoms with Gasteiger partial charge in [-0.05, 0) is 29.8 Å². The van der Waals surface area contributed by atoms with Gasteiger partial charge in [0.1, 0.15) is 18.2 Å². The zero-order valence-corrected chi connectivity index (χ0v) is 12.9. The molecule has 3 N–H and O–H groups in total. The Bertz CT molecular complexity index is 864. The van der Waals surface area contributed by atoms with Crippen LogP contribution in [-0.4, -0.2) is 20.1 Å². The van der Waals surface area contributed by atoms with Crippen molar-refractivity contribution in [3.63, 3.8) is 0 Å². The summed E-state index contributed by atoms with van der Waals surface area (Å²) in [6.45, 7) is 0.0982. The van der Waals surface area contributed by atoms with Crippen LogP contribution in [0, 0.1) is 15.9 Å². The third-order valence-corrected chi connectivity index (χ3v) is 3.48. The molecule has 0 spiro atoms. The predicted molar refractivity (Wildman–Crippen MR) is 86.2 cm³/mol. The molecule has 0 saturated heterocycles. The van der Waals surface area contributed by atoms with Gasteiger partial charge >= 0.3 is 0 Å². The van der Waals surface area contributed by atoms with Gasteiger partial charge in [-0.2, -0.15) is 5.10 Å². The lowest BCUT2D eigenvalue weighted by Gasteiger charge is -2.07. The highest BCUT2D eigenvalue weighted by atomic mass is 19.1. The topological polar surface area (TPSA) is 120 Å². The van der Waals surface area contributed by atoms with Crippen molar-refractivity contribution in [3.8, 4) is 5.75 Å². The van der Waals surface area contributed by atoms with Crippen LogP contribution >= 0.6 is 0 Å². The van der Waals surface area contributed by atoms with Crippen LogP contribution in [-0.2, 0) is 6.61 Å². The number of benzene rings is 2. The number of hydrogen-bond acceptors (Lipinski definition) is 6. The molecule has 25 heavy (non-hydrogen) atoms. The van der Waals surface area contributed by atoms with Gasteiger partial charge in [0, 0.05) is 12.1 Å². The van der Waals surface area contributed by atoms with Gasteiger partial charge in [0.2, 0.25) is 0 Å². The van der Waals surface area contributed by atoms with E-state index in [1.54, 1.807) is 12.1 Å². The van der Waals surface area contributed by atoms with Gasteiger partial charge in [0.15, 0.2) is 11.6 Å². The SMILES string of the molecule is N[C@H](c1ccc(F)cc1)c1n[nH]c(COc2ccc([N+](=O)[O-])cc2)n1. The Morgan fingerprint density at radius 3 is 2.52 bits per heavy atom. The quantitative estimate of drug-likeness (QED) is 0.524. The number of nitro groups is 1. The normalized spacial score (nSPS) is 11.9. The maximum atomic E-state index is 13.0. The highest BCUT2D eigenvalue weighted by Crippen LogP contribution is 2.19. The minimum absolute atomic E-state index is 0.0143. The molecule has 0 bridgehead atoms. The highest BCUT2D eigenvalue weighted by Gasteiger charge is 2.15. The molecular formula is C16H14FN5O3. The van der Waals surface area contributed by atoms with Gasteiger partial charge in [0.05, 0.1) is 11.0 Å². The molecule has 0 aliphatic carbocycles. The van der Waals surface area contributed by atoms with E-state index in [-0.39, 0.29) is 18.1 Å². The van der Waals surface area contributed by atoms with Crippen molar-refractivity contribution in [3.05, 3.63) is 81.7 Å². The summed E-state index contributed by atoms with van der Waals surface area (Å²) in [6, 6.07) is 10.9. The summed E-state index contributed by atoms with van der Waals surface area (Å²) in [5, 5.41) is 17.4. The van der Waals surface area contributed by atoms with Crippen LogP contribution in [0.15, 0.2) is 48.5 Å². The zero-order chi connectivity index (χ0) is 17.8. The maximum absolute atomic E-state index is 13.0. The molecule has 0 amide bonds. The van der Waals surface area contributed by atoms with Gasteiger partial charge in [-0.3, -0.25) is 15.2 Å². The molecule has 0 saturated carbocycles. The molecule has 0 radical (unpaired) electrons. The van der Waals surface area contributed by atoms with Crippen molar-refractivity contribution in [1.82, 2.24) is 15.2 Å². The molecule has 0 unspecified atom stereocenters. The number of ether oxygens (including phenoxy) is 1. The first-order valence-electron chi connectivity index (χ1n) is 7.32. The number of non-ortho nitro benzene ring substituents is 1. The summed E-state index contributed by atoms with van der Waals surface area (Å²) in [5.74, 6) is 0.925. The second-order valence-corrected chi connectivity index (χ2v) is 5.21. The van der Waals surface area contributed by atoms with E-state index < -0.39 is 11.0 Å². The maximum Gasteiger partial charge on any atom is 0.269 e. The van der Waals surface area contributed by atoms with Crippen molar-refractivity contribution in [2.45, 2.75) is 12.6 Å². The fraction of sp³-hybridized carbons (Fsp3) is 0.125. The third-order valence-electron chi connectivity index (χ3n) is 3.48. The van der Waals surface area contributed by atoms with Crippen LogP contribution in [0.3, 0.4) is 0 Å². The van der Waals surface area contributed by atoms with Gasteiger partial charge < -0.3 is 10.5 Å². The molecular weight excluding hydrogens is 329 g/mol. The number of nitro benzene ring substituents is 1. The van der Waals surface area contributed by atoms with Gasteiger partial charge in [-0.1, -0.05) is 12.1 Å². The monoisotopic (exact) mass is 343 g/mol. The van der Waals surface area contributed by atoms with Crippen LogP contribution in [0.1, 0.15) is 23.3 Å². The summed E-state index contributed by atoms with van der Waals surface area (Å²) >= 11 is 0. The van der Waals surface area contributed by atoms with Crippen LogP contribution in [0.2, 0.25) is 0 Å². The number of hydrogen-bond donors (Lipinski definition) is 2. The number of halogens is 1. The first kappa shape index (κ1) is 16.5. The molecule has 1 aromatic heterocycles. The Balaban J connectivity index is 1.63. The van der Waals surface area contributed by atoms with E-state index in [2.05, 4.69) is 15.2 Å². The van der Waals surface area contributed by atoms with Crippen LogP contribution in [0.25, 0.3) is 0 Å². The van der Waals surface area contributed by atoms with Crippen LogP contribution in [0.4, 0.5) is 10.1 Å².